The van der Waals surface area contributed by atoms with Crippen LogP contribution < -0.4 is 0 Å². The van der Waals surface area contributed by atoms with Crippen LogP contribution in [-0.4, -0.2) is 23.7 Å². The van der Waals surface area contributed by atoms with Gasteiger partial charge in [0.1, 0.15) is 5.00 Å². The monoisotopic (exact) mass is 372 g/mol. The van der Waals surface area contributed by atoms with Gasteiger partial charge in [-0.3, -0.25) is 10.1 Å². The molecule has 1 aliphatic rings. The molecular weight excluding hydrogens is 352 g/mol. The van der Waals surface area contributed by atoms with E-state index in [4.69, 9.17) is 4.74 Å². The molecule has 0 saturated heterocycles. The Kier molecular flexibility index (Phi) is 5.46. The number of fused-ring (bicyclic) bond motifs is 1. The minimum atomic E-state index is -0.436. The van der Waals surface area contributed by atoms with Gasteiger partial charge < -0.3 is 4.74 Å². The lowest BCUT2D eigenvalue weighted by atomic mass is 9.88. The molecule has 3 rings (SSSR count). The molecule has 26 heavy (non-hydrogen) atoms. The lowest BCUT2D eigenvalue weighted by Gasteiger charge is -2.18. The van der Waals surface area contributed by atoms with Crippen LogP contribution in [0.2, 0.25) is 0 Å². The average molecular weight is 372 g/mol. The summed E-state index contributed by atoms with van der Waals surface area (Å²) < 4.78 is 5.23. The van der Waals surface area contributed by atoms with Crippen molar-refractivity contribution in [3.8, 4) is 0 Å². The third-order valence-electron chi connectivity index (χ3n) is 4.41. The first-order valence-electron chi connectivity index (χ1n) is 8.59. The molecule has 1 heterocycles. The molecule has 0 aliphatic heterocycles. The molecule has 1 atom stereocenters. The van der Waals surface area contributed by atoms with E-state index in [1.165, 1.54) is 17.0 Å². The lowest BCUT2D eigenvalue weighted by Crippen LogP contribution is -2.13. The minimum absolute atomic E-state index is 0.0370. The summed E-state index contributed by atoms with van der Waals surface area (Å²) in [4.78, 5) is 28.5. The van der Waals surface area contributed by atoms with Crippen LogP contribution >= 0.6 is 11.3 Å². The van der Waals surface area contributed by atoms with E-state index in [-0.39, 0.29) is 11.7 Å². The molecule has 0 amide bonds. The van der Waals surface area contributed by atoms with Gasteiger partial charge >= 0.3 is 5.97 Å². The maximum Gasteiger partial charge on any atom is 0.341 e. The Balaban J connectivity index is 1.93. The zero-order valence-electron chi connectivity index (χ0n) is 14.7. The van der Waals surface area contributed by atoms with Gasteiger partial charge in [0.25, 0.3) is 5.69 Å². The van der Waals surface area contributed by atoms with Crippen LogP contribution in [-0.2, 0) is 17.6 Å². The highest BCUT2D eigenvalue weighted by atomic mass is 32.1. The predicted molar refractivity (Wildman–Crippen MR) is 102 cm³/mol. The number of carbonyl (C=O) groups is 1. The Morgan fingerprint density at radius 3 is 2.81 bits per heavy atom. The fourth-order valence-corrected chi connectivity index (χ4v) is 4.40. The van der Waals surface area contributed by atoms with E-state index < -0.39 is 4.92 Å². The summed E-state index contributed by atoms with van der Waals surface area (Å²) in [6.45, 7) is 4.33. The van der Waals surface area contributed by atoms with Gasteiger partial charge in [0.2, 0.25) is 0 Å². The van der Waals surface area contributed by atoms with Gasteiger partial charge in [0, 0.05) is 23.2 Å². The number of ether oxygens (including phenoxy) is 1. The maximum absolute atomic E-state index is 12.4. The SMILES string of the molecule is CCOC(=O)c1c(N=Cc2ccc([N+](=O)[O-])cc2)sc2c1CC[C@H](C)C2. The first-order chi connectivity index (χ1) is 12.5. The number of benzene rings is 1. The Bertz CT molecular complexity index is 855. The highest BCUT2D eigenvalue weighted by molar-refractivity contribution is 7.16. The number of thiophene rings is 1. The smallest absolute Gasteiger partial charge is 0.341 e. The number of esters is 1. The topological polar surface area (TPSA) is 81.8 Å². The molecule has 1 aromatic carbocycles. The summed E-state index contributed by atoms with van der Waals surface area (Å²) in [6, 6.07) is 6.16. The van der Waals surface area contributed by atoms with Crippen LogP contribution in [0.5, 0.6) is 0 Å². The zero-order valence-corrected chi connectivity index (χ0v) is 15.5. The minimum Gasteiger partial charge on any atom is -0.462 e. The van der Waals surface area contributed by atoms with Crippen LogP contribution in [0.25, 0.3) is 0 Å². The van der Waals surface area contributed by atoms with Crippen LogP contribution in [0, 0.1) is 16.0 Å². The second-order valence-corrected chi connectivity index (χ2v) is 7.44. The molecule has 6 nitrogen and oxygen atoms in total. The van der Waals surface area contributed by atoms with Crippen molar-refractivity contribution in [3.63, 3.8) is 0 Å². The Hall–Kier alpha value is -2.54. The van der Waals surface area contributed by atoms with E-state index in [0.717, 1.165) is 30.4 Å². The average Bonchev–Trinajstić information content (AvgIpc) is 2.98. The molecule has 0 radical (unpaired) electrons. The van der Waals surface area contributed by atoms with Crippen LogP contribution in [0.1, 0.15) is 46.6 Å². The standard InChI is InChI=1S/C19H20N2O4S/c1-3-25-19(22)17-15-9-4-12(2)10-16(15)26-18(17)20-11-13-5-7-14(8-6-13)21(23)24/h5-8,11-12H,3-4,9-10H2,1-2H3/t12-/m0/s1. The molecule has 2 aromatic rings. The predicted octanol–water partition coefficient (Wildman–Crippen LogP) is 4.71. The molecule has 0 spiro atoms. The number of non-ortho nitro benzene ring substituents is 1. The number of nitrogens with zero attached hydrogens (tertiary/aromatic N) is 2. The lowest BCUT2D eigenvalue weighted by molar-refractivity contribution is -0.384. The van der Waals surface area contributed by atoms with Crippen molar-refractivity contribution in [1.29, 1.82) is 0 Å². The Morgan fingerprint density at radius 2 is 2.15 bits per heavy atom. The first-order valence-corrected chi connectivity index (χ1v) is 9.41. The summed E-state index contributed by atoms with van der Waals surface area (Å²) in [5, 5.41) is 11.4. The van der Waals surface area contributed by atoms with Gasteiger partial charge in [0.05, 0.1) is 17.1 Å². The van der Waals surface area contributed by atoms with E-state index in [1.807, 2.05) is 0 Å². The van der Waals surface area contributed by atoms with Crippen LogP contribution in [0.3, 0.4) is 0 Å². The third kappa shape index (κ3) is 3.83. The number of carbonyl (C=O) groups excluding carboxylic acids is 1. The fourth-order valence-electron chi connectivity index (χ4n) is 3.06. The molecule has 1 aliphatic carbocycles. The number of nitro groups is 1. The highest BCUT2D eigenvalue weighted by Gasteiger charge is 2.28. The fraction of sp³-hybridized carbons (Fsp3) is 0.368. The molecule has 0 bridgehead atoms. The quantitative estimate of drug-likeness (QED) is 0.329. The Morgan fingerprint density at radius 1 is 1.42 bits per heavy atom. The molecule has 7 heteroatoms. The van der Waals surface area contributed by atoms with Crippen molar-refractivity contribution in [2.45, 2.75) is 33.1 Å². The Labute approximate surface area is 155 Å². The molecule has 0 saturated carbocycles. The second kappa shape index (κ2) is 7.78. The summed E-state index contributed by atoms with van der Waals surface area (Å²) >= 11 is 1.54. The van der Waals surface area contributed by atoms with Gasteiger partial charge in [-0.25, -0.2) is 9.79 Å². The highest BCUT2D eigenvalue weighted by Crippen LogP contribution is 2.41. The summed E-state index contributed by atoms with van der Waals surface area (Å²) in [5.74, 6) is 0.276. The van der Waals surface area contributed by atoms with Crippen molar-refractivity contribution >= 4 is 34.2 Å². The second-order valence-electron chi connectivity index (χ2n) is 6.36. The van der Waals surface area contributed by atoms with Crippen molar-refractivity contribution in [2.75, 3.05) is 6.61 Å². The number of hydrogen-bond acceptors (Lipinski definition) is 6. The maximum atomic E-state index is 12.4. The summed E-state index contributed by atoms with van der Waals surface area (Å²) in [7, 11) is 0. The van der Waals surface area contributed by atoms with Crippen molar-refractivity contribution in [1.82, 2.24) is 0 Å². The zero-order chi connectivity index (χ0) is 18.7. The van der Waals surface area contributed by atoms with Gasteiger partial charge in [-0.15, -0.1) is 11.3 Å². The molecule has 0 fully saturated rings. The molecule has 136 valence electrons. The van der Waals surface area contributed by atoms with Crippen molar-refractivity contribution in [3.05, 3.63) is 55.9 Å². The molecular formula is C19H20N2O4S. The van der Waals surface area contributed by atoms with E-state index in [1.54, 1.807) is 36.6 Å². The number of rotatable bonds is 5. The van der Waals surface area contributed by atoms with Crippen LogP contribution in [0.15, 0.2) is 29.3 Å². The van der Waals surface area contributed by atoms with Gasteiger partial charge in [-0.05, 0) is 55.4 Å². The molecule has 0 unspecified atom stereocenters. The van der Waals surface area contributed by atoms with Gasteiger partial charge in [0.15, 0.2) is 0 Å². The first kappa shape index (κ1) is 18.3. The molecule has 0 N–H and O–H groups in total. The number of hydrogen-bond donors (Lipinski definition) is 0. The summed E-state index contributed by atoms with van der Waals surface area (Å²) in [5.41, 5.74) is 2.43. The van der Waals surface area contributed by atoms with Gasteiger partial charge in [-0.1, -0.05) is 6.92 Å². The number of nitro benzene ring substituents is 1. The van der Waals surface area contributed by atoms with Crippen molar-refractivity contribution in [2.24, 2.45) is 10.9 Å². The van der Waals surface area contributed by atoms with E-state index in [9.17, 15) is 14.9 Å². The van der Waals surface area contributed by atoms with Crippen LogP contribution in [0.4, 0.5) is 10.7 Å². The van der Waals surface area contributed by atoms with E-state index in [0.29, 0.717) is 23.1 Å². The number of aliphatic imine (C=N–C) groups is 1. The third-order valence-corrected chi connectivity index (χ3v) is 5.57. The molecule has 1 aromatic heterocycles. The van der Waals surface area contributed by atoms with E-state index >= 15 is 0 Å². The van der Waals surface area contributed by atoms with Gasteiger partial charge in [-0.2, -0.15) is 0 Å². The summed E-state index contributed by atoms with van der Waals surface area (Å²) in [6.07, 6.45) is 4.52. The normalized spacial score (nSPS) is 16.5. The largest absolute Gasteiger partial charge is 0.462 e. The van der Waals surface area contributed by atoms with E-state index in [2.05, 4.69) is 11.9 Å². The van der Waals surface area contributed by atoms with Crippen molar-refractivity contribution < 1.29 is 14.5 Å².